The number of thiazole rings is 1. The number of hydrogen-bond acceptors (Lipinski definition) is 9. The lowest BCUT2D eigenvalue weighted by molar-refractivity contribution is -0.383. The summed E-state index contributed by atoms with van der Waals surface area (Å²) < 4.78 is 0.798. The van der Waals surface area contributed by atoms with Crippen LogP contribution in [-0.2, 0) is 0 Å². The fourth-order valence-corrected chi connectivity index (χ4v) is 2.45. The van der Waals surface area contributed by atoms with Gasteiger partial charge in [0.05, 0.1) is 4.92 Å². The average Bonchev–Trinajstić information content (AvgIpc) is 3.02. The maximum absolute atomic E-state index is 11.4. The molecule has 0 amide bonds. The smallest absolute Gasteiger partial charge is 0.319 e. The van der Waals surface area contributed by atoms with Crippen molar-refractivity contribution >= 4 is 55.5 Å². The van der Waals surface area contributed by atoms with E-state index in [1.165, 1.54) is 17.7 Å². The van der Waals surface area contributed by atoms with E-state index >= 15 is 0 Å². The van der Waals surface area contributed by atoms with Crippen LogP contribution in [0.1, 0.15) is 0 Å². The van der Waals surface area contributed by atoms with Gasteiger partial charge in [-0.2, -0.15) is 0 Å². The number of aromatic nitrogens is 4. The van der Waals surface area contributed by atoms with Gasteiger partial charge in [-0.3, -0.25) is 10.1 Å². The number of anilines is 4. The van der Waals surface area contributed by atoms with Gasteiger partial charge in [-0.25, -0.2) is 19.9 Å². The van der Waals surface area contributed by atoms with Crippen molar-refractivity contribution in [2.45, 2.75) is 0 Å². The number of nitrogens with zero attached hydrogens (tertiary/aromatic N) is 5. The SMILES string of the molecule is O=[N+]([O-])c1c(Nc2ccc(Br)cn2)ncnc1Nc1nccs1. The van der Waals surface area contributed by atoms with Gasteiger partial charge in [-0.15, -0.1) is 11.3 Å². The number of nitro groups is 1. The summed E-state index contributed by atoms with van der Waals surface area (Å²) in [5.74, 6) is 0.522. The van der Waals surface area contributed by atoms with Crippen molar-refractivity contribution < 1.29 is 4.92 Å². The minimum absolute atomic E-state index is 0.0406. The first-order chi connectivity index (χ1) is 11.1. The molecule has 116 valence electrons. The highest BCUT2D eigenvalue weighted by molar-refractivity contribution is 9.10. The fraction of sp³-hybridized carbons (Fsp3) is 0. The molecule has 11 heteroatoms. The second kappa shape index (κ2) is 6.62. The van der Waals surface area contributed by atoms with E-state index in [-0.39, 0.29) is 17.3 Å². The third kappa shape index (κ3) is 3.57. The first kappa shape index (κ1) is 15.2. The molecule has 0 aliphatic rings. The average molecular weight is 394 g/mol. The van der Waals surface area contributed by atoms with Gasteiger partial charge in [0.15, 0.2) is 5.13 Å². The molecule has 0 fully saturated rings. The van der Waals surface area contributed by atoms with E-state index in [1.54, 1.807) is 29.9 Å². The van der Waals surface area contributed by atoms with E-state index in [4.69, 9.17) is 0 Å². The Labute approximate surface area is 142 Å². The molecule has 3 heterocycles. The Morgan fingerprint density at radius 1 is 1.13 bits per heavy atom. The van der Waals surface area contributed by atoms with Crippen LogP contribution in [0.5, 0.6) is 0 Å². The summed E-state index contributed by atoms with van der Waals surface area (Å²) in [5, 5.41) is 19.3. The summed E-state index contributed by atoms with van der Waals surface area (Å²) in [7, 11) is 0. The molecule has 23 heavy (non-hydrogen) atoms. The van der Waals surface area contributed by atoms with Crippen molar-refractivity contribution in [2.75, 3.05) is 10.6 Å². The van der Waals surface area contributed by atoms with E-state index in [0.717, 1.165) is 4.47 Å². The standard InChI is InChI=1S/C12H8BrN7O2S/c13-7-1-2-8(15-5-7)18-10-9(20(21)22)11(17-6-16-10)19-12-14-3-4-23-12/h1-6H,(H2,14,15,16,17,18,19). The predicted octanol–water partition coefficient (Wildman–Crippen LogP) is 3.49. The maximum atomic E-state index is 11.4. The first-order valence-electron chi connectivity index (χ1n) is 6.18. The molecule has 0 bridgehead atoms. The molecular weight excluding hydrogens is 386 g/mol. The van der Waals surface area contributed by atoms with Gasteiger partial charge in [-0.05, 0) is 28.1 Å². The van der Waals surface area contributed by atoms with Crippen molar-refractivity contribution in [1.29, 1.82) is 0 Å². The minimum Gasteiger partial charge on any atom is -0.319 e. The van der Waals surface area contributed by atoms with E-state index in [9.17, 15) is 10.1 Å². The van der Waals surface area contributed by atoms with Gasteiger partial charge in [-0.1, -0.05) is 0 Å². The number of pyridine rings is 1. The van der Waals surface area contributed by atoms with E-state index < -0.39 is 4.92 Å². The second-order valence-electron chi connectivity index (χ2n) is 4.13. The quantitative estimate of drug-likeness (QED) is 0.499. The molecule has 0 saturated carbocycles. The normalized spacial score (nSPS) is 10.3. The van der Waals surface area contributed by atoms with Crippen molar-refractivity contribution in [2.24, 2.45) is 0 Å². The second-order valence-corrected chi connectivity index (χ2v) is 5.94. The van der Waals surface area contributed by atoms with Crippen LogP contribution in [0, 0.1) is 10.1 Å². The van der Waals surface area contributed by atoms with Crippen LogP contribution in [0.15, 0.2) is 40.7 Å². The molecule has 0 aliphatic carbocycles. The van der Waals surface area contributed by atoms with Crippen molar-refractivity contribution in [3.8, 4) is 0 Å². The maximum Gasteiger partial charge on any atom is 0.354 e. The Balaban J connectivity index is 1.96. The summed E-state index contributed by atoms with van der Waals surface area (Å²) >= 11 is 4.58. The number of hydrogen-bond donors (Lipinski definition) is 2. The molecule has 0 radical (unpaired) electrons. The molecule has 3 aromatic rings. The zero-order valence-corrected chi connectivity index (χ0v) is 13.7. The van der Waals surface area contributed by atoms with Gasteiger partial charge < -0.3 is 10.6 Å². The topological polar surface area (TPSA) is 119 Å². The van der Waals surface area contributed by atoms with Gasteiger partial charge in [0.2, 0.25) is 11.6 Å². The van der Waals surface area contributed by atoms with Crippen LogP contribution in [-0.4, -0.2) is 24.9 Å². The molecule has 0 aromatic carbocycles. The molecule has 0 spiro atoms. The number of halogens is 1. The van der Waals surface area contributed by atoms with E-state index in [1.807, 2.05) is 0 Å². The van der Waals surface area contributed by atoms with E-state index in [2.05, 4.69) is 46.5 Å². The monoisotopic (exact) mass is 393 g/mol. The third-order valence-electron chi connectivity index (χ3n) is 2.64. The highest BCUT2D eigenvalue weighted by atomic mass is 79.9. The van der Waals surface area contributed by atoms with Crippen LogP contribution in [0.4, 0.5) is 28.3 Å². The first-order valence-corrected chi connectivity index (χ1v) is 7.85. The fourth-order valence-electron chi connectivity index (χ4n) is 1.69. The largest absolute Gasteiger partial charge is 0.354 e. The Morgan fingerprint density at radius 3 is 2.52 bits per heavy atom. The Kier molecular flexibility index (Phi) is 4.39. The van der Waals surface area contributed by atoms with Crippen LogP contribution >= 0.6 is 27.3 Å². The lowest BCUT2D eigenvalue weighted by Crippen LogP contribution is -2.06. The lowest BCUT2D eigenvalue weighted by Gasteiger charge is -2.08. The van der Waals surface area contributed by atoms with E-state index in [0.29, 0.717) is 10.9 Å². The Bertz CT molecular complexity index is 826. The van der Waals surface area contributed by atoms with Gasteiger partial charge in [0.1, 0.15) is 12.1 Å². The Hall–Kier alpha value is -2.66. The summed E-state index contributed by atoms with van der Waals surface area (Å²) in [4.78, 5) is 26.8. The predicted molar refractivity (Wildman–Crippen MR) is 89.3 cm³/mol. The van der Waals surface area contributed by atoms with Gasteiger partial charge >= 0.3 is 5.69 Å². The van der Waals surface area contributed by atoms with Crippen molar-refractivity contribution in [1.82, 2.24) is 19.9 Å². The minimum atomic E-state index is -0.558. The summed E-state index contributed by atoms with van der Waals surface area (Å²) in [6.07, 6.45) is 4.39. The molecule has 0 unspecified atom stereocenters. The number of nitrogens with one attached hydrogen (secondary N) is 2. The summed E-state index contributed by atoms with van der Waals surface area (Å²) in [6.45, 7) is 0. The molecular formula is C12H8BrN7O2S. The van der Waals surface area contributed by atoms with Gasteiger partial charge in [0, 0.05) is 22.2 Å². The van der Waals surface area contributed by atoms with Crippen LogP contribution in [0.25, 0.3) is 0 Å². The summed E-state index contributed by atoms with van der Waals surface area (Å²) in [6, 6.07) is 3.43. The Morgan fingerprint density at radius 2 is 1.91 bits per heavy atom. The van der Waals surface area contributed by atoms with Crippen LogP contribution in [0.3, 0.4) is 0 Å². The molecule has 0 saturated heterocycles. The van der Waals surface area contributed by atoms with Crippen molar-refractivity contribution in [3.63, 3.8) is 0 Å². The highest BCUT2D eigenvalue weighted by Crippen LogP contribution is 2.32. The van der Waals surface area contributed by atoms with Crippen LogP contribution in [0.2, 0.25) is 0 Å². The summed E-state index contributed by atoms with van der Waals surface area (Å²) in [5.41, 5.74) is -0.285. The molecule has 2 N–H and O–H groups in total. The molecule has 0 atom stereocenters. The zero-order chi connectivity index (χ0) is 16.2. The molecule has 9 nitrogen and oxygen atoms in total. The highest BCUT2D eigenvalue weighted by Gasteiger charge is 2.24. The number of rotatable bonds is 5. The molecule has 3 rings (SSSR count). The van der Waals surface area contributed by atoms with Gasteiger partial charge in [0.25, 0.3) is 0 Å². The van der Waals surface area contributed by atoms with Crippen LogP contribution < -0.4 is 10.6 Å². The molecule has 3 aromatic heterocycles. The zero-order valence-electron chi connectivity index (χ0n) is 11.3. The molecule has 0 aliphatic heterocycles. The lowest BCUT2D eigenvalue weighted by atomic mass is 10.4. The third-order valence-corrected chi connectivity index (χ3v) is 3.79. The van der Waals surface area contributed by atoms with Crippen molar-refractivity contribution in [3.05, 3.63) is 50.8 Å².